The maximum absolute atomic E-state index is 6.24. The van der Waals surface area contributed by atoms with E-state index >= 15 is 0 Å². The van der Waals surface area contributed by atoms with E-state index in [1.54, 1.807) is 0 Å². The first-order valence-corrected chi connectivity index (χ1v) is 5.44. The van der Waals surface area contributed by atoms with Gasteiger partial charge in [0.05, 0.1) is 0 Å². The fourth-order valence-corrected chi connectivity index (χ4v) is 2.47. The minimum Gasteiger partial charge on any atom is -0.381 e. The summed E-state index contributed by atoms with van der Waals surface area (Å²) in [5.74, 6) is 0.685. The molecule has 2 fully saturated rings. The largest absolute Gasteiger partial charge is 0.381 e. The highest BCUT2D eigenvalue weighted by Gasteiger charge is 2.29. The fourth-order valence-electron chi connectivity index (χ4n) is 2.47. The predicted octanol–water partition coefficient (Wildman–Crippen LogP) is 0.492. The van der Waals surface area contributed by atoms with Gasteiger partial charge in [-0.1, -0.05) is 0 Å². The van der Waals surface area contributed by atoms with Crippen LogP contribution in [0.3, 0.4) is 0 Å². The Labute approximate surface area is 80.0 Å². The van der Waals surface area contributed by atoms with Crippen LogP contribution in [0.15, 0.2) is 0 Å². The zero-order valence-electron chi connectivity index (χ0n) is 8.17. The first kappa shape index (κ1) is 9.44. The molecule has 0 aliphatic carbocycles. The van der Waals surface area contributed by atoms with Gasteiger partial charge in [0.15, 0.2) is 0 Å². The van der Waals surface area contributed by atoms with Gasteiger partial charge in [0.2, 0.25) is 0 Å². The van der Waals surface area contributed by atoms with Crippen LogP contribution in [0, 0.1) is 5.92 Å². The van der Waals surface area contributed by atoms with E-state index in [1.807, 2.05) is 0 Å². The number of nitrogens with one attached hydrogen (secondary N) is 1. The molecular formula is C10H20N2O. The average Bonchev–Trinajstić information content (AvgIpc) is 2.71. The summed E-state index contributed by atoms with van der Waals surface area (Å²) in [7, 11) is 0. The first-order valence-electron chi connectivity index (χ1n) is 5.44. The van der Waals surface area contributed by atoms with Crippen LogP contribution in [0.4, 0.5) is 0 Å². The standard InChI is InChI=1S/C10H20N2O/c11-10(9-2-1-5-12-9)8-3-6-13-7-4-8/h8-10,12H,1-7,11H2. The predicted molar refractivity (Wildman–Crippen MR) is 52.5 cm³/mol. The normalized spacial score (nSPS) is 33.5. The van der Waals surface area contributed by atoms with Gasteiger partial charge in [0.1, 0.15) is 0 Å². The number of hydrogen-bond donors (Lipinski definition) is 2. The zero-order chi connectivity index (χ0) is 9.10. The molecule has 2 saturated heterocycles. The molecule has 0 aromatic heterocycles. The van der Waals surface area contributed by atoms with Crippen LogP contribution in [0.5, 0.6) is 0 Å². The fraction of sp³-hybridized carbons (Fsp3) is 1.00. The van der Waals surface area contributed by atoms with Crippen molar-refractivity contribution in [3.63, 3.8) is 0 Å². The van der Waals surface area contributed by atoms with Gasteiger partial charge in [-0.3, -0.25) is 0 Å². The molecule has 2 aliphatic rings. The lowest BCUT2D eigenvalue weighted by molar-refractivity contribution is 0.0546. The molecule has 2 atom stereocenters. The monoisotopic (exact) mass is 184 g/mol. The number of nitrogens with two attached hydrogens (primary N) is 1. The molecular weight excluding hydrogens is 164 g/mol. The summed E-state index contributed by atoms with van der Waals surface area (Å²) in [5, 5.41) is 3.49. The first-order chi connectivity index (χ1) is 6.38. The molecule has 2 heterocycles. The van der Waals surface area contributed by atoms with E-state index in [0.29, 0.717) is 18.0 Å². The summed E-state index contributed by atoms with van der Waals surface area (Å²) in [4.78, 5) is 0. The average molecular weight is 184 g/mol. The van der Waals surface area contributed by atoms with Crippen molar-refractivity contribution in [2.75, 3.05) is 19.8 Å². The summed E-state index contributed by atoms with van der Waals surface area (Å²) in [6.45, 7) is 2.97. The smallest absolute Gasteiger partial charge is 0.0469 e. The Balaban J connectivity index is 1.83. The van der Waals surface area contributed by atoms with Gasteiger partial charge in [-0.05, 0) is 38.1 Å². The van der Waals surface area contributed by atoms with Crippen molar-refractivity contribution < 1.29 is 4.74 Å². The summed E-state index contributed by atoms with van der Waals surface area (Å²) in [6, 6.07) is 0.925. The Morgan fingerprint density at radius 3 is 2.62 bits per heavy atom. The van der Waals surface area contributed by atoms with Crippen molar-refractivity contribution in [1.29, 1.82) is 0 Å². The second kappa shape index (κ2) is 4.40. The van der Waals surface area contributed by atoms with E-state index in [1.165, 1.54) is 12.8 Å². The third-order valence-electron chi connectivity index (χ3n) is 3.37. The Morgan fingerprint density at radius 2 is 2.00 bits per heavy atom. The van der Waals surface area contributed by atoms with Gasteiger partial charge in [0.25, 0.3) is 0 Å². The molecule has 0 radical (unpaired) electrons. The molecule has 0 bridgehead atoms. The van der Waals surface area contributed by atoms with Crippen molar-refractivity contribution in [2.45, 2.75) is 37.8 Å². The molecule has 3 N–H and O–H groups in total. The molecule has 0 aromatic rings. The lowest BCUT2D eigenvalue weighted by Crippen LogP contribution is -2.47. The highest BCUT2D eigenvalue weighted by Crippen LogP contribution is 2.22. The molecule has 2 aliphatic heterocycles. The van der Waals surface area contributed by atoms with Crippen LogP contribution in [0.1, 0.15) is 25.7 Å². The van der Waals surface area contributed by atoms with Gasteiger partial charge in [-0.2, -0.15) is 0 Å². The quantitative estimate of drug-likeness (QED) is 0.656. The van der Waals surface area contributed by atoms with E-state index in [4.69, 9.17) is 10.5 Å². The zero-order valence-corrected chi connectivity index (χ0v) is 8.17. The van der Waals surface area contributed by atoms with Crippen molar-refractivity contribution in [3.8, 4) is 0 Å². The summed E-state index contributed by atoms with van der Waals surface area (Å²) in [6.07, 6.45) is 4.86. The van der Waals surface area contributed by atoms with E-state index < -0.39 is 0 Å². The molecule has 3 heteroatoms. The number of rotatable bonds is 2. The molecule has 3 nitrogen and oxygen atoms in total. The second-order valence-electron chi connectivity index (χ2n) is 4.23. The highest BCUT2D eigenvalue weighted by atomic mass is 16.5. The van der Waals surface area contributed by atoms with E-state index in [2.05, 4.69) is 5.32 Å². The Hall–Kier alpha value is -0.120. The van der Waals surface area contributed by atoms with Crippen LogP contribution in [-0.4, -0.2) is 31.8 Å². The topological polar surface area (TPSA) is 47.3 Å². The summed E-state index contributed by atoms with van der Waals surface area (Å²) >= 11 is 0. The molecule has 0 spiro atoms. The number of hydrogen-bond acceptors (Lipinski definition) is 3. The summed E-state index contributed by atoms with van der Waals surface area (Å²) in [5.41, 5.74) is 6.24. The second-order valence-corrected chi connectivity index (χ2v) is 4.23. The molecule has 0 saturated carbocycles. The Morgan fingerprint density at radius 1 is 1.23 bits per heavy atom. The van der Waals surface area contributed by atoms with Gasteiger partial charge in [0, 0.05) is 25.3 Å². The van der Waals surface area contributed by atoms with Crippen molar-refractivity contribution in [3.05, 3.63) is 0 Å². The highest BCUT2D eigenvalue weighted by molar-refractivity contribution is 4.89. The minimum atomic E-state index is 0.353. The van der Waals surface area contributed by atoms with Crippen LogP contribution in [0.2, 0.25) is 0 Å². The maximum atomic E-state index is 6.24. The molecule has 0 aromatic carbocycles. The van der Waals surface area contributed by atoms with Crippen molar-refractivity contribution in [2.24, 2.45) is 11.7 Å². The van der Waals surface area contributed by atoms with E-state index in [-0.39, 0.29) is 0 Å². The van der Waals surface area contributed by atoms with Gasteiger partial charge >= 0.3 is 0 Å². The Kier molecular flexibility index (Phi) is 3.19. The van der Waals surface area contributed by atoms with Gasteiger partial charge in [-0.25, -0.2) is 0 Å². The minimum absolute atomic E-state index is 0.353. The SMILES string of the molecule is NC(C1CCOCC1)C1CCCN1. The van der Waals surface area contributed by atoms with Crippen molar-refractivity contribution >= 4 is 0 Å². The molecule has 0 amide bonds. The third kappa shape index (κ3) is 2.22. The number of ether oxygens (including phenoxy) is 1. The Bertz CT molecular complexity index is 151. The van der Waals surface area contributed by atoms with Crippen LogP contribution < -0.4 is 11.1 Å². The summed E-state index contributed by atoms with van der Waals surface area (Å²) < 4.78 is 5.34. The van der Waals surface area contributed by atoms with E-state index in [0.717, 1.165) is 32.6 Å². The van der Waals surface area contributed by atoms with Crippen LogP contribution in [0.25, 0.3) is 0 Å². The van der Waals surface area contributed by atoms with Gasteiger partial charge in [-0.15, -0.1) is 0 Å². The molecule has 13 heavy (non-hydrogen) atoms. The molecule has 76 valence electrons. The van der Waals surface area contributed by atoms with E-state index in [9.17, 15) is 0 Å². The van der Waals surface area contributed by atoms with Gasteiger partial charge < -0.3 is 15.8 Å². The maximum Gasteiger partial charge on any atom is 0.0469 e. The lowest BCUT2D eigenvalue weighted by Gasteiger charge is -2.31. The lowest BCUT2D eigenvalue weighted by atomic mass is 9.87. The molecule has 2 rings (SSSR count). The molecule has 2 unspecified atom stereocenters. The van der Waals surface area contributed by atoms with Crippen LogP contribution >= 0.6 is 0 Å². The van der Waals surface area contributed by atoms with Crippen LogP contribution in [-0.2, 0) is 4.74 Å². The third-order valence-corrected chi connectivity index (χ3v) is 3.37. The van der Waals surface area contributed by atoms with Crippen molar-refractivity contribution in [1.82, 2.24) is 5.32 Å².